The number of carbonyl (C=O) groups is 1. The van der Waals surface area contributed by atoms with Gasteiger partial charge in [-0.05, 0) is 61.9 Å². The summed E-state index contributed by atoms with van der Waals surface area (Å²) in [6, 6.07) is 10.6. The zero-order valence-electron chi connectivity index (χ0n) is 15.2. The summed E-state index contributed by atoms with van der Waals surface area (Å²) in [4.78, 5) is 12.1. The average Bonchev–Trinajstić information content (AvgIpc) is 2.62. The zero-order valence-corrected chi connectivity index (χ0v) is 16.0. The van der Waals surface area contributed by atoms with Gasteiger partial charge in [0.25, 0.3) is 0 Å². The van der Waals surface area contributed by atoms with E-state index in [-0.39, 0.29) is 12.0 Å². The molecule has 0 aliphatic carbocycles. The maximum absolute atomic E-state index is 12.1. The second-order valence-corrected chi connectivity index (χ2v) is 6.16. The first-order valence-corrected chi connectivity index (χ1v) is 8.48. The van der Waals surface area contributed by atoms with Crippen LogP contribution in [0.25, 0.3) is 6.08 Å². The van der Waals surface area contributed by atoms with Crippen LogP contribution in [0, 0.1) is 0 Å². The van der Waals surface area contributed by atoms with E-state index in [1.165, 1.54) is 6.08 Å². The fourth-order valence-electron chi connectivity index (χ4n) is 2.22. The van der Waals surface area contributed by atoms with Gasteiger partial charge in [0.2, 0.25) is 5.91 Å². The molecule has 1 N–H and O–H groups in total. The summed E-state index contributed by atoms with van der Waals surface area (Å²) in [5, 5.41) is 3.20. The first kappa shape index (κ1) is 19.7. The summed E-state index contributed by atoms with van der Waals surface area (Å²) >= 11 is 6.28. The lowest BCUT2D eigenvalue weighted by Crippen LogP contribution is -2.08. The van der Waals surface area contributed by atoms with Crippen molar-refractivity contribution in [3.8, 4) is 17.2 Å². The van der Waals surface area contributed by atoms with Gasteiger partial charge in [-0.1, -0.05) is 11.6 Å². The van der Waals surface area contributed by atoms with E-state index in [1.54, 1.807) is 56.7 Å². The predicted molar refractivity (Wildman–Crippen MR) is 104 cm³/mol. The van der Waals surface area contributed by atoms with E-state index < -0.39 is 0 Å². The van der Waals surface area contributed by atoms with E-state index in [9.17, 15) is 4.79 Å². The minimum Gasteiger partial charge on any atom is -0.497 e. The Balaban J connectivity index is 2.10. The normalized spacial score (nSPS) is 10.8. The lowest BCUT2D eigenvalue weighted by molar-refractivity contribution is -0.111. The lowest BCUT2D eigenvalue weighted by atomic mass is 10.1. The van der Waals surface area contributed by atoms with Crippen molar-refractivity contribution in [3.63, 3.8) is 0 Å². The Labute approximate surface area is 158 Å². The number of halogens is 1. The second-order valence-electron chi connectivity index (χ2n) is 5.75. The Morgan fingerprint density at radius 3 is 2.38 bits per heavy atom. The highest BCUT2D eigenvalue weighted by Crippen LogP contribution is 2.37. The van der Waals surface area contributed by atoms with Crippen LogP contribution in [0.15, 0.2) is 42.5 Å². The van der Waals surface area contributed by atoms with E-state index >= 15 is 0 Å². The van der Waals surface area contributed by atoms with Crippen LogP contribution < -0.4 is 19.5 Å². The standard InChI is InChI=1S/C20H22ClNO4/c1-13(2)26-20-17(21)11-14(12-18(20)25-4)5-10-19(23)22-15-6-8-16(24-3)9-7-15/h5-13H,1-4H3,(H,22,23)/b10-5+. The molecule has 6 heteroatoms. The van der Waals surface area contributed by atoms with Gasteiger partial charge in [0, 0.05) is 11.8 Å². The van der Waals surface area contributed by atoms with Crippen LogP contribution in [0.3, 0.4) is 0 Å². The van der Waals surface area contributed by atoms with Crippen LogP contribution in [-0.4, -0.2) is 26.2 Å². The van der Waals surface area contributed by atoms with Gasteiger partial charge < -0.3 is 19.5 Å². The largest absolute Gasteiger partial charge is 0.497 e. The molecule has 0 aliphatic rings. The Morgan fingerprint density at radius 1 is 1.12 bits per heavy atom. The molecule has 0 atom stereocenters. The molecule has 0 fully saturated rings. The summed E-state index contributed by atoms with van der Waals surface area (Å²) in [6.45, 7) is 3.82. The number of benzene rings is 2. The number of ether oxygens (including phenoxy) is 3. The third-order valence-corrected chi connectivity index (χ3v) is 3.67. The number of nitrogens with one attached hydrogen (secondary N) is 1. The molecule has 0 aliphatic heterocycles. The maximum atomic E-state index is 12.1. The third-order valence-electron chi connectivity index (χ3n) is 3.39. The van der Waals surface area contributed by atoms with Crippen molar-refractivity contribution in [1.29, 1.82) is 0 Å². The predicted octanol–water partition coefficient (Wildman–Crippen LogP) is 4.80. The van der Waals surface area contributed by atoms with E-state index in [1.807, 2.05) is 13.8 Å². The molecule has 0 bridgehead atoms. The van der Waals surface area contributed by atoms with Crippen molar-refractivity contribution in [2.24, 2.45) is 0 Å². The molecular formula is C20H22ClNO4. The molecule has 0 unspecified atom stereocenters. The lowest BCUT2D eigenvalue weighted by Gasteiger charge is -2.15. The molecule has 0 radical (unpaired) electrons. The Kier molecular flexibility index (Phi) is 6.92. The molecule has 0 aromatic heterocycles. The van der Waals surface area contributed by atoms with Gasteiger partial charge in [-0.25, -0.2) is 0 Å². The molecule has 138 valence electrons. The number of hydrogen-bond acceptors (Lipinski definition) is 4. The van der Waals surface area contributed by atoms with Crippen molar-refractivity contribution in [2.45, 2.75) is 20.0 Å². The van der Waals surface area contributed by atoms with Crippen LogP contribution in [0.4, 0.5) is 5.69 Å². The number of amides is 1. The monoisotopic (exact) mass is 375 g/mol. The van der Waals surface area contributed by atoms with Gasteiger partial charge in [0.1, 0.15) is 5.75 Å². The fraction of sp³-hybridized carbons (Fsp3) is 0.250. The van der Waals surface area contributed by atoms with Crippen molar-refractivity contribution in [3.05, 3.63) is 53.1 Å². The quantitative estimate of drug-likeness (QED) is 0.706. The Morgan fingerprint density at radius 2 is 1.81 bits per heavy atom. The van der Waals surface area contributed by atoms with Crippen molar-refractivity contribution < 1.29 is 19.0 Å². The summed E-state index contributed by atoms with van der Waals surface area (Å²) < 4.78 is 16.1. The highest BCUT2D eigenvalue weighted by Gasteiger charge is 2.12. The van der Waals surface area contributed by atoms with Gasteiger partial charge in [-0.2, -0.15) is 0 Å². The number of carbonyl (C=O) groups excluding carboxylic acids is 1. The molecule has 0 saturated heterocycles. The Bertz CT molecular complexity index is 785. The van der Waals surface area contributed by atoms with Crippen molar-refractivity contribution >= 4 is 29.3 Å². The van der Waals surface area contributed by atoms with Gasteiger partial charge in [-0.15, -0.1) is 0 Å². The van der Waals surface area contributed by atoms with Crippen LogP contribution in [0.2, 0.25) is 5.02 Å². The molecule has 0 heterocycles. The van der Waals surface area contributed by atoms with Gasteiger partial charge in [-0.3, -0.25) is 4.79 Å². The molecule has 2 aromatic carbocycles. The second kappa shape index (κ2) is 9.15. The first-order valence-electron chi connectivity index (χ1n) is 8.10. The van der Waals surface area contributed by atoms with Gasteiger partial charge in [0.05, 0.1) is 25.3 Å². The maximum Gasteiger partial charge on any atom is 0.248 e. The summed E-state index contributed by atoms with van der Waals surface area (Å²) in [7, 11) is 3.13. The van der Waals surface area contributed by atoms with Crippen molar-refractivity contribution in [2.75, 3.05) is 19.5 Å². The highest BCUT2D eigenvalue weighted by molar-refractivity contribution is 6.32. The number of rotatable bonds is 7. The topological polar surface area (TPSA) is 56.8 Å². The molecular weight excluding hydrogens is 354 g/mol. The molecule has 1 amide bonds. The summed E-state index contributed by atoms with van der Waals surface area (Å²) in [5.74, 6) is 1.47. The molecule has 0 saturated carbocycles. The summed E-state index contributed by atoms with van der Waals surface area (Å²) in [5.41, 5.74) is 1.41. The molecule has 5 nitrogen and oxygen atoms in total. The zero-order chi connectivity index (χ0) is 19.1. The summed E-state index contributed by atoms with van der Waals surface area (Å²) in [6.07, 6.45) is 3.06. The smallest absolute Gasteiger partial charge is 0.248 e. The number of methoxy groups -OCH3 is 2. The van der Waals surface area contributed by atoms with E-state index in [0.717, 1.165) is 11.3 Å². The van der Waals surface area contributed by atoms with Gasteiger partial charge in [0.15, 0.2) is 11.5 Å². The minimum absolute atomic E-state index is 0.0296. The highest BCUT2D eigenvalue weighted by atomic mass is 35.5. The molecule has 0 spiro atoms. The van der Waals surface area contributed by atoms with E-state index in [0.29, 0.717) is 22.2 Å². The molecule has 2 rings (SSSR count). The Hall–Kier alpha value is -2.66. The van der Waals surface area contributed by atoms with Crippen molar-refractivity contribution in [1.82, 2.24) is 0 Å². The minimum atomic E-state index is -0.257. The number of anilines is 1. The number of hydrogen-bond donors (Lipinski definition) is 1. The van der Waals surface area contributed by atoms with Crippen LogP contribution in [0.5, 0.6) is 17.2 Å². The first-order chi connectivity index (χ1) is 12.4. The average molecular weight is 376 g/mol. The molecule has 2 aromatic rings. The van der Waals surface area contributed by atoms with Crippen LogP contribution in [0.1, 0.15) is 19.4 Å². The van der Waals surface area contributed by atoms with Crippen LogP contribution in [-0.2, 0) is 4.79 Å². The van der Waals surface area contributed by atoms with Crippen LogP contribution >= 0.6 is 11.6 Å². The molecule has 26 heavy (non-hydrogen) atoms. The van der Waals surface area contributed by atoms with E-state index in [4.69, 9.17) is 25.8 Å². The fourth-order valence-corrected chi connectivity index (χ4v) is 2.48. The van der Waals surface area contributed by atoms with Gasteiger partial charge >= 0.3 is 0 Å². The SMILES string of the molecule is COc1ccc(NC(=O)/C=C/c2cc(Cl)c(OC(C)C)c(OC)c2)cc1. The van der Waals surface area contributed by atoms with E-state index in [2.05, 4.69) is 5.32 Å². The third kappa shape index (κ3) is 5.43.